The zero-order valence-corrected chi connectivity index (χ0v) is 17.0. The molecule has 0 aliphatic heterocycles. The van der Waals surface area contributed by atoms with Gasteiger partial charge in [0.2, 0.25) is 11.7 Å². The van der Waals surface area contributed by atoms with E-state index in [-0.39, 0.29) is 18.3 Å². The van der Waals surface area contributed by atoms with E-state index in [1.165, 1.54) is 0 Å². The molecule has 0 fully saturated rings. The van der Waals surface area contributed by atoms with E-state index in [4.69, 9.17) is 10.3 Å². The van der Waals surface area contributed by atoms with Gasteiger partial charge in [0.25, 0.3) is 5.89 Å². The Morgan fingerprint density at radius 2 is 1.82 bits per heavy atom. The smallest absolute Gasteiger partial charge is 0.258 e. The molecule has 0 saturated heterocycles. The summed E-state index contributed by atoms with van der Waals surface area (Å²) in [5.41, 5.74) is 10.1. The van der Waals surface area contributed by atoms with Crippen molar-refractivity contribution >= 4 is 24.0 Å². The highest BCUT2D eigenvalue weighted by Crippen LogP contribution is 2.26. The minimum absolute atomic E-state index is 0. The van der Waals surface area contributed by atoms with E-state index >= 15 is 0 Å². The summed E-state index contributed by atoms with van der Waals surface area (Å²) >= 11 is 0. The van der Waals surface area contributed by atoms with Crippen molar-refractivity contribution in [2.75, 3.05) is 5.32 Å². The van der Waals surface area contributed by atoms with Gasteiger partial charge in [0.05, 0.1) is 0 Å². The van der Waals surface area contributed by atoms with Crippen molar-refractivity contribution in [1.82, 2.24) is 10.1 Å². The maximum Gasteiger partial charge on any atom is 0.258 e. The van der Waals surface area contributed by atoms with Gasteiger partial charge in [-0.15, -0.1) is 12.4 Å². The Morgan fingerprint density at radius 3 is 2.43 bits per heavy atom. The third-order valence-corrected chi connectivity index (χ3v) is 4.21. The van der Waals surface area contributed by atoms with Crippen molar-refractivity contribution in [3.63, 3.8) is 0 Å². The van der Waals surface area contributed by atoms with Crippen LogP contribution in [0.1, 0.15) is 31.4 Å². The lowest BCUT2D eigenvalue weighted by molar-refractivity contribution is -0.116. The number of halogens is 1. The number of carbonyl (C=O) groups is 1. The largest absolute Gasteiger partial charge is 0.334 e. The average molecular weight is 401 g/mol. The van der Waals surface area contributed by atoms with Crippen LogP contribution in [0.4, 0.5) is 5.69 Å². The van der Waals surface area contributed by atoms with Gasteiger partial charge in [-0.1, -0.05) is 43.3 Å². The fraction of sp³-hybridized carbons (Fsp3) is 0.286. The van der Waals surface area contributed by atoms with Crippen LogP contribution < -0.4 is 11.1 Å². The first-order valence-corrected chi connectivity index (χ1v) is 9.00. The summed E-state index contributed by atoms with van der Waals surface area (Å²) in [5, 5.41) is 7.01. The molecule has 0 unspecified atom stereocenters. The lowest BCUT2D eigenvalue weighted by Crippen LogP contribution is -2.14. The lowest BCUT2D eigenvalue weighted by Gasteiger charge is -2.10. The minimum Gasteiger partial charge on any atom is -0.334 e. The highest BCUT2D eigenvalue weighted by molar-refractivity contribution is 5.91. The molecule has 1 heterocycles. The topological polar surface area (TPSA) is 94.0 Å². The van der Waals surface area contributed by atoms with E-state index < -0.39 is 0 Å². The Labute approximate surface area is 170 Å². The number of nitrogens with zero attached hydrogens (tertiary/aromatic N) is 2. The molecule has 0 aliphatic carbocycles. The van der Waals surface area contributed by atoms with Crippen LogP contribution in [0.25, 0.3) is 22.8 Å². The van der Waals surface area contributed by atoms with Crippen molar-refractivity contribution in [2.24, 2.45) is 11.7 Å². The summed E-state index contributed by atoms with van der Waals surface area (Å²) in [4.78, 5) is 16.5. The average Bonchev–Trinajstić information content (AvgIpc) is 3.13. The first-order chi connectivity index (χ1) is 13.0. The summed E-state index contributed by atoms with van der Waals surface area (Å²) in [6.45, 7) is 6.48. The Hall–Kier alpha value is -2.70. The molecule has 0 aliphatic rings. The van der Waals surface area contributed by atoms with Crippen molar-refractivity contribution in [3.05, 3.63) is 53.6 Å². The molecule has 3 aromatic rings. The van der Waals surface area contributed by atoms with Gasteiger partial charge < -0.3 is 15.6 Å². The first-order valence-electron chi connectivity index (χ1n) is 9.00. The Bertz CT molecular complexity index is 936. The zero-order chi connectivity index (χ0) is 19.4. The minimum atomic E-state index is 0. The van der Waals surface area contributed by atoms with E-state index in [1.54, 1.807) is 0 Å². The highest BCUT2D eigenvalue weighted by Gasteiger charge is 2.13. The van der Waals surface area contributed by atoms with Gasteiger partial charge in [-0.3, -0.25) is 4.79 Å². The number of benzene rings is 2. The van der Waals surface area contributed by atoms with E-state index in [2.05, 4.69) is 15.5 Å². The molecule has 0 bridgehead atoms. The van der Waals surface area contributed by atoms with Gasteiger partial charge in [-0.2, -0.15) is 4.98 Å². The van der Waals surface area contributed by atoms with Crippen molar-refractivity contribution in [3.8, 4) is 22.8 Å². The maximum atomic E-state index is 12.0. The van der Waals surface area contributed by atoms with E-state index in [1.807, 2.05) is 63.2 Å². The molecule has 3 N–H and O–H groups in total. The number of nitrogens with two attached hydrogens (primary N) is 1. The van der Waals surface area contributed by atoms with Gasteiger partial charge >= 0.3 is 0 Å². The zero-order valence-electron chi connectivity index (χ0n) is 16.2. The number of aromatic nitrogens is 2. The number of nitrogens with one attached hydrogen (secondary N) is 1. The summed E-state index contributed by atoms with van der Waals surface area (Å²) < 4.78 is 5.42. The molecule has 2 aromatic carbocycles. The molecule has 7 heteroatoms. The fourth-order valence-electron chi connectivity index (χ4n) is 2.76. The number of hydrogen-bond donors (Lipinski definition) is 2. The van der Waals surface area contributed by atoms with Crippen molar-refractivity contribution in [2.45, 2.75) is 33.7 Å². The molecular formula is C21H25ClN4O2. The van der Waals surface area contributed by atoms with Crippen molar-refractivity contribution < 1.29 is 9.32 Å². The molecular weight excluding hydrogens is 376 g/mol. The highest BCUT2D eigenvalue weighted by atomic mass is 35.5. The second-order valence-corrected chi connectivity index (χ2v) is 7.00. The summed E-state index contributed by atoms with van der Waals surface area (Å²) in [6, 6.07) is 13.4. The normalized spacial score (nSPS) is 10.6. The third kappa shape index (κ3) is 5.18. The maximum absolute atomic E-state index is 12.0. The van der Waals surface area contributed by atoms with Crippen LogP contribution in [0, 0.1) is 12.8 Å². The number of rotatable bonds is 6. The van der Waals surface area contributed by atoms with Gasteiger partial charge in [0.15, 0.2) is 0 Å². The monoisotopic (exact) mass is 400 g/mol. The first kappa shape index (κ1) is 21.6. The molecule has 1 aromatic heterocycles. The molecule has 0 radical (unpaired) electrons. The Kier molecular flexibility index (Phi) is 7.31. The predicted octanol–water partition coefficient (Wildman–Crippen LogP) is 4.58. The Balaban J connectivity index is 0.00000280. The molecule has 3 rings (SSSR count). The molecule has 28 heavy (non-hydrogen) atoms. The Morgan fingerprint density at radius 1 is 1.14 bits per heavy atom. The number of amides is 1. The van der Waals surface area contributed by atoms with Crippen LogP contribution in [-0.4, -0.2) is 16.0 Å². The van der Waals surface area contributed by atoms with Gasteiger partial charge in [-0.05, 0) is 42.2 Å². The van der Waals surface area contributed by atoms with E-state index in [9.17, 15) is 4.79 Å². The van der Waals surface area contributed by atoms with E-state index in [0.29, 0.717) is 30.6 Å². The number of aryl methyl sites for hydroxylation is 1. The number of hydrogen-bond acceptors (Lipinski definition) is 5. The SMILES string of the molecule is Cc1cc(-c2nc(-c3ccc(CN)cc3)no2)ccc1NC(=O)CC(C)C.Cl. The summed E-state index contributed by atoms with van der Waals surface area (Å²) in [5.74, 6) is 1.30. The molecule has 0 saturated carbocycles. The molecule has 0 atom stereocenters. The van der Waals surface area contributed by atoms with Crippen LogP contribution in [0.5, 0.6) is 0 Å². The third-order valence-electron chi connectivity index (χ3n) is 4.21. The lowest BCUT2D eigenvalue weighted by atomic mass is 10.1. The summed E-state index contributed by atoms with van der Waals surface area (Å²) in [7, 11) is 0. The van der Waals surface area contributed by atoms with E-state index in [0.717, 1.165) is 27.9 Å². The molecule has 1 amide bonds. The van der Waals surface area contributed by atoms with Crippen LogP contribution >= 0.6 is 12.4 Å². The van der Waals surface area contributed by atoms with Gasteiger partial charge in [0, 0.05) is 29.8 Å². The quantitative estimate of drug-likeness (QED) is 0.631. The van der Waals surface area contributed by atoms with Crippen LogP contribution in [0.3, 0.4) is 0 Å². The number of anilines is 1. The van der Waals surface area contributed by atoms with Crippen LogP contribution in [-0.2, 0) is 11.3 Å². The number of carbonyl (C=O) groups excluding carboxylic acids is 1. The second-order valence-electron chi connectivity index (χ2n) is 7.00. The van der Waals surface area contributed by atoms with Gasteiger partial charge in [-0.25, -0.2) is 0 Å². The second kappa shape index (κ2) is 9.48. The molecule has 0 spiro atoms. The van der Waals surface area contributed by atoms with Crippen LogP contribution in [0.2, 0.25) is 0 Å². The summed E-state index contributed by atoms with van der Waals surface area (Å²) in [6.07, 6.45) is 0.497. The standard InChI is InChI=1S/C21H24N4O2.ClH/c1-13(2)10-19(26)23-18-9-8-17(11-14(18)3)21-24-20(25-27-21)16-6-4-15(12-22)5-7-16;/h4-9,11,13H,10,12,22H2,1-3H3,(H,23,26);1H. The van der Waals surface area contributed by atoms with Gasteiger partial charge in [0.1, 0.15) is 0 Å². The molecule has 148 valence electrons. The molecule has 6 nitrogen and oxygen atoms in total. The predicted molar refractivity (Wildman–Crippen MR) is 113 cm³/mol. The van der Waals surface area contributed by atoms with Crippen molar-refractivity contribution in [1.29, 1.82) is 0 Å². The fourth-order valence-corrected chi connectivity index (χ4v) is 2.76. The van der Waals surface area contributed by atoms with Crippen LogP contribution in [0.15, 0.2) is 47.0 Å².